The predicted octanol–water partition coefficient (Wildman–Crippen LogP) is 16.7. The summed E-state index contributed by atoms with van der Waals surface area (Å²) in [5, 5.41) is 4.91. The second-order valence-electron chi connectivity index (χ2n) is 18.2. The third kappa shape index (κ3) is 7.45. The minimum atomic E-state index is -0.179. The molecule has 0 saturated heterocycles. The Morgan fingerprint density at radius 2 is 1.34 bits per heavy atom. The fourth-order valence-corrected chi connectivity index (χ4v) is 10.3. The molecule has 0 bridgehead atoms. The molecule has 0 N–H and O–H groups in total. The summed E-state index contributed by atoms with van der Waals surface area (Å²) >= 11 is 0. The van der Waals surface area contributed by atoms with Crippen LogP contribution in [0.15, 0.2) is 220 Å². The summed E-state index contributed by atoms with van der Waals surface area (Å²) in [6, 6.07) is 66.2. The van der Waals surface area contributed by atoms with Crippen LogP contribution in [0.3, 0.4) is 0 Å². The number of rotatable bonds is 12. The van der Waals surface area contributed by atoms with Crippen LogP contribution in [-0.4, -0.2) is 14.5 Å². The van der Waals surface area contributed by atoms with Gasteiger partial charge in [-0.2, -0.15) is 0 Å². The molecular weight excluding hydrogens is 813 g/mol. The molecule has 0 radical (unpaired) electrons. The molecule has 11 rings (SSSR count). The number of allylic oxidation sites excluding steroid dienone is 3. The lowest BCUT2D eigenvalue weighted by Gasteiger charge is -2.42. The molecule has 1 aliphatic heterocycles. The number of aromatic nitrogens is 3. The molecule has 67 heavy (non-hydrogen) atoms. The van der Waals surface area contributed by atoms with Gasteiger partial charge in [-0.3, -0.25) is 0 Å². The van der Waals surface area contributed by atoms with Gasteiger partial charge in [-0.1, -0.05) is 166 Å². The number of hydrogen-bond acceptors (Lipinski definition) is 3. The van der Waals surface area contributed by atoms with Crippen LogP contribution in [-0.2, 0) is 11.8 Å². The maximum Gasteiger partial charge on any atom is 0.159 e. The van der Waals surface area contributed by atoms with Crippen molar-refractivity contribution >= 4 is 55.7 Å². The zero-order chi connectivity index (χ0) is 45.5. The average Bonchev–Trinajstić information content (AvgIpc) is 3.72. The van der Waals surface area contributed by atoms with Crippen molar-refractivity contribution in [1.82, 2.24) is 14.5 Å². The number of benzene rings is 8. The van der Waals surface area contributed by atoms with E-state index in [1.165, 1.54) is 55.2 Å². The average molecular weight is 865 g/mol. The first-order valence-electron chi connectivity index (χ1n) is 23.4. The summed E-state index contributed by atoms with van der Waals surface area (Å²) in [5.74, 6) is 0.914. The Balaban J connectivity index is 1.04. The van der Waals surface area contributed by atoms with Gasteiger partial charge in [0.2, 0.25) is 0 Å². The molecule has 324 valence electrons. The van der Waals surface area contributed by atoms with Crippen LogP contribution in [0.2, 0.25) is 0 Å². The summed E-state index contributed by atoms with van der Waals surface area (Å²) in [4.78, 5) is 12.7. The number of aryl methyl sites for hydroxylation is 1. The molecule has 4 nitrogen and oxygen atoms in total. The summed E-state index contributed by atoms with van der Waals surface area (Å²) in [7, 11) is 0. The van der Waals surface area contributed by atoms with E-state index in [-0.39, 0.29) is 11.3 Å². The summed E-state index contributed by atoms with van der Waals surface area (Å²) in [6.07, 6.45) is 12.9. The second-order valence-corrected chi connectivity index (χ2v) is 18.2. The van der Waals surface area contributed by atoms with Crippen molar-refractivity contribution in [3.05, 3.63) is 248 Å². The molecule has 3 heterocycles. The van der Waals surface area contributed by atoms with E-state index >= 15 is 0 Å². The van der Waals surface area contributed by atoms with Gasteiger partial charge in [0.25, 0.3) is 0 Å². The topological polar surface area (TPSA) is 34.0 Å². The van der Waals surface area contributed by atoms with Gasteiger partial charge >= 0.3 is 0 Å². The fourth-order valence-electron chi connectivity index (χ4n) is 10.3. The minimum Gasteiger partial charge on any atom is -0.310 e. The van der Waals surface area contributed by atoms with Crippen molar-refractivity contribution in [3.63, 3.8) is 0 Å². The molecule has 1 unspecified atom stereocenters. The van der Waals surface area contributed by atoms with E-state index in [0.29, 0.717) is 5.82 Å². The van der Waals surface area contributed by atoms with E-state index in [1.807, 2.05) is 18.3 Å². The highest BCUT2D eigenvalue weighted by Gasteiger charge is 2.37. The maximum absolute atomic E-state index is 5.25. The summed E-state index contributed by atoms with van der Waals surface area (Å²) < 4.78 is 2.43. The van der Waals surface area contributed by atoms with Gasteiger partial charge in [-0.15, -0.1) is 13.2 Å². The van der Waals surface area contributed by atoms with Crippen LogP contribution in [0.5, 0.6) is 0 Å². The van der Waals surface area contributed by atoms with Gasteiger partial charge in [0.1, 0.15) is 0 Å². The van der Waals surface area contributed by atoms with E-state index in [9.17, 15) is 0 Å². The first kappa shape index (κ1) is 41.6. The van der Waals surface area contributed by atoms with Crippen LogP contribution < -0.4 is 4.90 Å². The van der Waals surface area contributed by atoms with Gasteiger partial charge < -0.3 is 9.47 Å². The monoisotopic (exact) mass is 864 g/mol. The van der Waals surface area contributed by atoms with Crippen molar-refractivity contribution in [2.75, 3.05) is 4.90 Å². The van der Waals surface area contributed by atoms with Crippen molar-refractivity contribution in [1.29, 1.82) is 0 Å². The van der Waals surface area contributed by atoms with Gasteiger partial charge in [0, 0.05) is 45.2 Å². The smallest absolute Gasteiger partial charge is 0.159 e. The van der Waals surface area contributed by atoms with Crippen molar-refractivity contribution in [2.24, 2.45) is 0 Å². The molecule has 0 saturated carbocycles. The fraction of sp³-hybridized carbons (Fsp3) is 0.111. The molecule has 0 spiro atoms. The van der Waals surface area contributed by atoms with E-state index < -0.39 is 0 Å². The first-order chi connectivity index (χ1) is 32.9. The van der Waals surface area contributed by atoms with Crippen molar-refractivity contribution < 1.29 is 0 Å². The number of hydrogen-bond donors (Lipinski definition) is 0. The Morgan fingerprint density at radius 1 is 0.612 bits per heavy atom. The molecule has 4 heteroatoms. The zero-order valence-electron chi connectivity index (χ0n) is 38.1. The van der Waals surface area contributed by atoms with E-state index in [4.69, 9.17) is 9.97 Å². The van der Waals surface area contributed by atoms with Gasteiger partial charge in [-0.25, -0.2) is 9.97 Å². The molecule has 2 aromatic heterocycles. The molecule has 8 aromatic carbocycles. The third-order valence-electron chi connectivity index (χ3n) is 13.8. The lowest BCUT2D eigenvalue weighted by Crippen LogP contribution is -2.30. The number of fused-ring (bicyclic) bond motifs is 7. The predicted molar refractivity (Wildman–Crippen MR) is 283 cm³/mol. The van der Waals surface area contributed by atoms with Crippen LogP contribution in [0.25, 0.3) is 66.9 Å². The molecule has 1 aliphatic rings. The van der Waals surface area contributed by atoms with Crippen LogP contribution >= 0.6 is 0 Å². The Hall–Kier alpha value is -8.08. The number of anilines is 3. The second kappa shape index (κ2) is 17.4. The third-order valence-corrected chi connectivity index (χ3v) is 13.8. The number of nitrogens with zero attached hydrogens (tertiary/aromatic N) is 4. The van der Waals surface area contributed by atoms with E-state index in [2.05, 4.69) is 231 Å². The van der Waals surface area contributed by atoms with Crippen molar-refractivity contribution in [3.8, 4) is 28.2 Å². The molecule has 1 atom stereocenters. The zero-order valence-corrected chi connectivity index (χ0v) is 38.1. The quantitative estimate of drug-likeness (QED) is 0.115. The lowest BCUT2D eigenvalue weighted by atomic mass is 9.73. The summed E-state index contributed by atoms with van der Waals surface area (Å²) in [5.41, 5.74) is 15.9. The van der Waals surface area contributed by atoms with E-state index in [0.717, 1.165) is 64.1 Å². The largest absolute Gasteiger partial charge is 0.310 e. The molecule has 0 aliphatic carbocycles. The minimum absolute atomic E-state index is 0.179. The standard InChI is InChI=1S/C63H52N4/c1-5-7-20-49-42-64-62(65-56(49)31-19-24-43(6-2)44-21-10-8-11-22-44)48-25-18-28-51(39-48)67-58-38-35-45-23-14-15-29-52(45)61(58)53-36-33-46(40-59(53)67)47-34-37-55-60(41-47)66(50-26-12-9-13-27-50)57-32-17-16-30-54(57)63(55,3)4/h5-6,8-19,21-23,25-43H,1-2,7,20,24H2,3-4H3/b31-19+. The Bertz CT molecular complexity index is 3520. The van der Waals surface area contributed by atoms with Gasteiger partial charge in [0.05, 0.1) is 28.1 Å². The van der Waals surface area contributed by atoms with Crippen molar-refractivity contribution in [2.45, 2.75) is 44.4 Å². The normalized spacial score (nSPS) is 13.5. The molecular formula is C63H52N4. The maximum atomic E-state index is 5.25. The van der Waals surface area contributed by atoms with E-state index in [1.54, 1.807) is 0 Å². The SMILES string of the molecule is C=CCCc1cnc(-c2cccc(-n3c4cc(-c5ccc6c(c5)N(c5ccccc5)c5ccccc5C6(C)C)ccc4c4c5ccccc5ccc43)c2)nc1/C=C/CC(C=C)c1ccccc1. The molecule has 0 amide bonds. The highest BCUT2D eigenvalue weighted by Crippen LogP contribution is 2.53. The molecule has 10 aromatic rings. The Kier molecular flexibility index (Phi) is 10.8. The highest BCUT2D eigenvalue weighted by molar-refractivity contribution is 6.21. The van der Waals surface area contributed by atoms with Gasteiger partial charge in [-0.05, 0) is 118 Å². The Morgan fingerprint density at radius 3 is 2.18 bits per heavy atom. The van der Waals surface area contributed by atoms with Gasteiger partial charge in [0.15, 0.2) is 5.82 Å². The Labute approximate surface area is 393 Å². The molecule has 0 fully saturated rings. The highest BCUT2D eigenvalue weighted by atomic mass is 15.2. The lowest BCUT2D eigenvalue weighted by molar-refractivity contribution is 0.632. The van der Waals surface area contributed by atoms with Crippen LogP contribution in [0.4, 0.5) is 17.1 Å². The summed E-state index contributed by atoms with van der Waals surface area (Å²) in [6.45, 7) is 12.8. The van der Waals surface area contributed by atoms with Crippen LogP contribution in [0, 0.1) is 0 Å². The van der Waals surface area contributed by atoms with Crippen LogP contribution in [0.1, 0.15) is 60.6 Å². The first-order valence-corrected chi connectivity index (χ1v) is 23.4. The number of para-hydroxylation sites is 2.